The van der Waals surface area contributed by atoms with Crippen LogP contribution in [-0.2, 0) is 13.0 Å². The van der Waals surface area contributed by atoms with Crippen molar-refractivity contribution in [1.29, 1.82) is 0 Å². The predicted molar refractivity (Wildman–Crippen MR) is 88.7 cm³/mol. The zero-order valence-electron chi connectivity index (χ0n) is 12.8. The van der Waals surface area contributed by atoms with E-state index in [-0.39, 0.29) is 0 Å². The highest BCUT2D eigenvalue weighted by molar-refractivity contribution is 7.09. The first-order valence-corrected chi connectivity index (χ1v) is 8.85. The van der Waals surface area contributed by atoms with Gasteiger partial charge in [-0.05, 0) is 46.8 Å². The van der Waals surface area contributed by atoms with E-state index < -0.39 is 0 Å². The average molecular weight is 329 g/mol. The van der Waals surface area contributed by atoms with E-state index >= 15 is 0 Å². The van der Waals surface area contributed by atoms with Crippen LogP contribution in [0.15, 0.2) is 40.3 Å². The molecule has 1 fully saturated rings. The predicted octanol–water partition coefficient (Wildman–Crippen LogP) is 2.95. The zero-order chi connectivity index (χ0) is 15.5. The van der Waals surface area contributed by atoms with Crippen LogP contribution >= 0.6 is 11.3 Å². The van der Waals surface area contributed by atoms with Crippen LogP contribution in [0, 0.1) is 0 Å². The van der Waals surface area contributed by atoms with Crippen molar-refractivity contribution in [2.75, 3.05) is 18.0 Å². The van der Waals surface area contributed by atoms with Crippen LogP contribution in [0.3, 0.4) is 0 Å². The Morgan fingerprint density at radius 1 is 1.22 bits per heavy atom. The molecule has 1 aliphatic rings. The minimum Gasteiger partial charge on any atom is -0.469 e. The largest absolute Gasteiger partial charge is 0.469 e. The van der Waals surface area contributed by atoms with E-state index in [1.54, 1.807) is 17.6 Å². The Morgan fingerprint density at radius 3 is 2.87 bits per heavy atom. The number of nitrogens with zero attached hydrogens (tertiary/aromatic N) is 5. The van der Waals surface area contributed by atoms with Crippen LogP contribution in [-0.4, -0.2) is 33.3 Å². The van der Waals surface area contributed by atoms with Gasteiger partial charge in [0, 0.05) is 30.3 Å². The van der Waals surface area contributed by atoms with Gasteiger partial charge in [0.1, 0.15) is 5.76 Å². The molecule has 0 unspecified atom stereocenters. The average Bonchev–Trinajstić information content (AvgIpc) is 3.34. The molecule has 6 nitrogen and oxygen atoms in total. The Balaban J connectivity index is 1.38. The maximum atomic E-state index is 5.54. The summed E-state index contributed by atoms with van der Waals surface area (Å²) in [4.78, 5) is 3.65. The van der Waals surface area contributed by atoms with E-state index in [4.69, 9.17) is 4.42 Å². The lowest BCUT2D eigenvalue weighted by atomic mass is 9.94. The summed E-state index contributed by atoms with van der Waals surface area (Å²) >= 11 is 1.78. The van der Waals surface area contributed by atoms with Crippen LogP contribution in [0.1, 0.15) is 29.4 Å². The Labute approximate surface area is 138 Å². The molecule has 0 radical (unpaired) electrons. The second-order valence-electron chi connectivity index (χ2n) is 5.81. The van der Waals surface area contributed by atoms with Crippen molar-refractivity contribution in [1.82, 2.24) is 20.2 Å². The zero-order valence-corrected chi connectivity index (χ0v) is 13.7. The fourth-order valence-corrected chi connectivity index (χ4v) is 3.83. The van der Waals surface area contributed by atoms with E-state index in [1.165, 1.54) is 4.88 Å². The van der Waals surface area contributed by atoms with Gasteiger partial charge in [-0.25, -0.2) is 4.68 Å². The summed E-state index contributed by atoms with van der Waals surface area (Å²) in [6.45, 7) is 2.75. The number of anilines is 1. The molecule has 0 saturated carbocycles. The van der Waals surface area contributed by atoms with Crippen molar-refractivity contribution in [3.8, 4) is 0 Å². The lowest BCUT2D eigenvalue weighted by molar-refractivity contribution is 0.402. The van der Waals surface area contributed by atoms with Crippen LogP contribution in [0.2, 0.25) is 0 Å². The van der Waals surface area contributed by atoms with Gasteiger partial charge < -0.3 is 9.32 Å². The molecule has 0 amide bonds. The first-order valence-electron chi connectivity index (χ1n) is 7.97. The number of piperidine rings is 1. The fraction of sp³-hybridized carbons (Fsp3) is 0.438. The Bertz CT molecular complexity index is 714. The number of rotatable bonds is 5. The third kappa shape index (κ3) is 3.14. The summed E-state index contributed by atoms with van der Waals surface area (Å²) in [5, 5.41) is 14.4. The van der Waals surface area contributed by atoms with Gasteiger partial charge in [0.25, 0.3) is 0 Å². The van der Waals surface area contributed by atoms with Crippen molar-refractivity contribution >= 4 is 17.3 Å². The van der Waals surface area contributed by atoms with Crippen LogP contribution in [0.5, 0.6) is 0 Å². The van der Waals surface area contributed by atoms with Crippen molar-refractivity contribution in [2.24, 2.45) is 0 Å². The summed E-state index contributed by atoms with van der Waals surface area (Å²) in [5.41, 5.74) is 0. The van der Waals surface area contributed by atoms with Gasteiger partial charge in [-0.2, -0.15) is 0 Å². The number of aryl methyl sites for hydroxylation is 2. The SMILES string of the molecule is c1coc(C2CCN(c3nnnn3CCc3cccs3)CC2)c1. The van der Waals surface area contributed by atoms with Crippen molar-refractivity contribution < 1.29 is 4.42 Å². The van der Waals surface area contributed by atoms with Gasteiger partial charge >= 0.3 is 0 Å². The molecular formula is C16H19N5OS. The summed E-state index contributed by atoms with van der Waals surface area (Å²) in [5.74, 6) is 2.50. The molecule has 3 aromatic rings. The lowest BCUT2D eigenvalue weighted by Crippen LogP contribution is -2.35. The molecule has 0 atom stereocenters. The lowest BCUT2D eigenvalue weighted by Gasteiger charge is -2.31. The maximum Gasteiger partial charge on any atom is 0.245 e. The number of furan rings is 1. The molecule has 0 aromatic carbocycles. The highest BCUT2D eigenvalue weighted by Gasteiger charge is 2.25. The summed E-state index contributed by atoms with van der Waals surface area (Å²) in [7, 11) is 0. The smallest absolute Gasteiger partial charge is 0.245 e. The monoisotopic (exact) mass is 329 g/mol. The van der Waals surface area contributed by atoms with Crippen LogP contribution in [0.4, 0.5) is 5.95 Å². The minimum atomic E-state index is 0.511. The summed E-state index contributed by atoms with van der Waals surface area (Å²) < 4.78 is 7.46. The molecule has 23 heavy (non-hydrogen) atoms. The number of hydrogen-bond donors (Lipinski definition) is 0. The second kappa shape index (κ2) is 6.54. The van der Waals surface area contributed by atoms with Gasteiger partial charge in [-0.15, -0.1) is 11.3 Å². The fourth-order valence-electron chi connectivity index (χ4n) is 3.13. The molecule has 4 heterocycles. The molecule has 0 N–H and O–H groups in total. The standard InChI is InChI=1S/C16H19N5OS/c1-4-15(22-11-1)13-5-8-20(9-6-13)16-17-18-19-21(16)10-7-14-3-2-12-23-14/h1-4,11-13H,5-10H2. The topological polar surface area (TPSA) is 60.0 Å². The van der Waals surface area contributed by atoms with Gasteiger partial charge in [0.15, 0.2) is 0 Å². The highest BCUT2D eigenvalue weighted by Crippen LogP contribution is 2.29. The van der Waals surface area contributed by atoms with E-state index in [9.17, 15) is 0 Å². The molecule has 4 rings (SSSR count). The molecule has 7 heteroatoms. The number of thiophene rings is 1. The number of hydrogen-bond acceptors (Lipinski definition) is 6. The molecule has 1 saturated heterocycles. The van der Waals surface area contributed by atoms with Gasteiger partial charge in [0.05, 0.1) is 12.8 Å². The van der Waals surface area contributed by atoms with E-state index in [0.717, 1.165) is 50.6 Å². The normalized spacial score (nSPS) is 16.1. The van der Waals surface area contributed by atoms with Crippen LogP contribution < -0.4 is 4.90 Å². The quantitative estimate of drug-likeness (QED) is 0.720. The molecule has 0 bridgehead atoms. The maximum absolute atomic E-state index is 5.54. The van der Waals surface area contributed by atoms with Gasteiger partial charge in [-0.3, -0.25) is 0 Å². The molecule has 3 aromatic heterocycles. The first-order chi connectivity index (χ1) is 11.4. The third-order valence-corrected chi connectivity index (χ3v) is 5.32. The van der Waals surface area contributed by atoms with Gasteiger partial charge in [0.2, 0.25) is 5.95 Å². The Morgan fingerprint density at radius 2 is 2.13 bits per heavy atom. The van der Waals surface area contributed by atoms with Crippen molar-refractivity contribution in [3.05, 3.63) is 46.5 Å². The summed E-state index contributed by atoms with van der Waals surface area (Å²) in [6, 6.07) is 8.28. The second-order valence-corrected chi connectivity index (χ2v) is 6.84. The van der Waals surface area contributed by atoms with Crippen molar-refractivity contribution in [3.63, 3.8) is 0 Å². The van der Waals surface area contributed by atoms with Crippen molar-refractivity contribution in [2.45, 2.75) is 31.7 Å². The molecular weight excluding hydrogens is 310 g/mol. The Hall–Kier alpha value is -2.15. The highest BCUT2D eigenvalue weighted by atomic mass is 32.1. The summed E-state index contributed by atoms with van der Waals surface area (Å²) in [6.07, 6.45) is 4.88. The van der Waals surface area contributed by atoms with E-state index in [1.807, 2.05) is 10.7 Å². The Kier molecular flexibility index (Phi) is 4.10. The molecule has 0 aliphatic carbocycles. The first kappa shape index (κ1) is 14.4. The van der Waals surface area contributed by atoms with Crippen LogP contribution in [0.25, 0.3) is 0 Å². The minimum absolute atomic E-state index is 0.511. The molecule has 0 spiro atoms. The number of aromatic nitrogens is 4. The third-order valence-electron chi connectivity index (χ3n) is 4.39. The number of tetrazole rings is 1. The molecule has 1 aliphatic heterocycles. The molecule has 120 valence electrons. The van der Waals surface area contributed by atoms with E-state index in [2.05, 4.69) is 44.0 Å². The van der Waals surface area contributed by atoms with Gasteiger partial charge in [-0.1, -0.05) is 11.2 Å². The van der Waals surface area contributed by atoms with E-state index in [0.29, 0.717) is 5.92 Å².